The highest BCUT2D eigenvalue weighted by molar-refractivity contribution is 6.06. The minimum absolute atomic E-state index is 0.0465. The van der Waals surface area contributed by atoms with Gasteiger partial charge in [0.15, 0.2) is 0 Å². The summed E-state index contributed by atoms with van der Waals surface area (Å²) in [5.41, 5.74) is 3.88. The Hall–Kier alpha value is -2.95. The van der Waals surface area contributed by atoms with Crippen LogP contribution in [0.4, 0.5) is 5.69 Å². The van der Waals surface area contributed by atoms with Gasteiger partial charge in [0.1, 0.15) is 11.6 Å². The number of amides is 1. The van der Waals surface area contributed by atoms with Crippen molar-refractivity contribution in [2.45, 2.75) is 26.7 Å². The summed E-state index contributed by atoms with van der Waals surface area (Å²) >= 11 is 0. The van der Waals surface area contributed by atoms with Crippen LogP contribution < -0.4 is 4.90 Å². The lowest BCUT2D eigenvalue weighted by Gasteiger charge is -2.29. The second-order valence-electron chi connectivity index (χ2n) is 6.35. The molecule has 0 spiro atoms. The van der Waals surface area contributed by atoms with Crippen LogP contribution in [0.15, 0.2) is 48.5 Å². The van der Waals surface area contributed by atoms with Crippen LogP contribution in [0.1, 0.15) is 34.0 Å². The Labute approximate surface area is 146 Å². The number of carbonyl (C=O) groups excluding carboxylic acids is 1. The van der Waals surface area contributed by atoms with E-state index in [1.807, 2.05) is 61.2 Å². The summed E-state index contributed by atoms with van der Waals surface area (Å²) in [5.74, 6) is 1.62. The predicted molar refractivity (Wildman–Crippen MR) is 97.3 cm³/mol. The maximum Gasteiger partial charge on any atom is 0.258 e. The largest absolute Gasteiger partial charge is 0.308 e. The van der Waals surface area contributed by atoms with Gasteiger partial charge < -0.3 is 4.90 Å². The molecular weight excluding hydrogens is 312 g/mol. The fourth-order valence-corrected chi connectivity index (χ4v) is 3.41. The van der Waals surface area contributed by atoms with Crippen LogP contribution in [0.2, 0.25) is 0 Å². The molecule has 1 amide bonds. The molecule has 2 aromatic carbocycles. The van der Waals surface area contributed by atoms with Crippen molar-refractivity contribution in [3.05, 3.63) is 71.3 Å². The van der Waals surface area contributed by atoms with Crippen LogP contribution in [-0.2, 0) is 6.42 Å². The molecule has 4 rings (SSSR count). The van der Waals surface area contributed by atoms with E-state index in [2.05, 4.69) is 16.1 Å². The van der Waals surface area contributed by atoms with E-state index in [1.165, 1.54) is 5.56 Å². The van der Waals surface area contributed by atoms with Gasteiger partial charge in [-0.25, -0.2) is 9.67 Å². The molecule has 5 heteroatoms. The normalized spacial score (nSPS) is 13.6. The molecule has 0 aliphatic carbocycles. The van der Waals surface area contributed by atoms with Crippen LogP contribution in [0.3, 0.4) is 0 Å². The molecule has 0 radical (unpaired) electrons. The van der Waals surface area contributed by atoms with Crippen LogP contribution in [0.25, 0.3) is 5.69 Å². The quantitative estimate of drug-likeness (QED) is 0.722. The smallest absolute Gasteiger partial charge is 0.258 e. The van der Waals surface area contributed by atoms with Crippen molar-refractivity contribution in [1.82, 2.24) is 14.8 Å². The average molecular weight is 332 g/mol. The number of benzene rings is 2. The molecule has 126 valence electrons. The van der Waals surface area contributed by atoms with Crippen molar-refractivity contribution in [2.75, 3.05) is 11.4 Å². The molecule has 0 N–H and O–H groups in total. The zero-order valence-corrected chi connectivity index (χ0v) is 14.4. The lowest BCUT2D eigenvalue weighted by molar-refractivity contribution is 0.0985. The minimum Gasteiger partial charge on any atom is -0.308 e. The fraction of sp³-hybridized carbons (Fsp3) is 0.250. The number of hydrogen-bond acceptors (Lipinski definition) is 3. The number of aromatic nitrogens is 3. The maximum absolute atomic E-state index is 13.0. The molecule has 1 aromatic heterocycles. The van der Waals surface area contributed by atoms with Crippen molar-refractivity contribution in [3.8, 4) is 5.69 Å². The molecule has 1 aliphatic rings. The minimum atomic E-state index is 0.0465. The molecule has 5 nitrogen and oxygen atoms in total. The van der Waals surface area contributed by atoms with Gasteiger partial charge in [-0.1, -0.05) is 18.2 Å². The van der Waals surface area contributed by atoms with Crippen molar-refractivity contribution >= 4 is 11.6 Å². The topological polar surface area (TPSA) is 51.0 Å². The standard InChI is InChI=1S/C20H20N4O/c1-14-21-15(2)24(22-14)18-11-9-17(10-12-18)20(25)23-13-5-7-16-6-3-4-8-19(16)23/h3-4,6,8-12H,5,7,13H2,1-2H3. The van der Waals surface area contributed by atoms with Gasteiger partial charge in [-0.2, -0.15) is 5.10 Å². The Morgan fingerprint density at radius 1 is 1.04 bits per heavy atom. The van der Waals surface area contributed by atoms with Crippen molar-refractivity contribution in [2.24, 2.45) is 0 Å². The number of anilines is 1. The molecule has 1 aliphatic heterocycles. The monoisotopic (exact) mass is 332 g/mol. The number of carbonyl (C=O) groups is 1. The predicted octanol–water partition coefficient (Wildman–Crippen LogP) is 3.48. The molecule has 0 bridgehead atoms. The first kappa shape index (κ1) is 15.6. The molecule has 2 heterocycles. The third-order valence-corrected chi connectivity index (χ3v) is 4.59. The summed E-state index contributed by atoms with van der Waals surface area (Å²) in [6.07, 6.45) is 2.03. The second kappa shape index (κ2) is 6.16. The Morgan fingerprint density at radius 3 is 2.52 bits per heavy atom. The highest BCUT2D eigenvalue weighted by Crippen LogP contribution is 2.28. The van der Waals surface area contributed by atoms with Crippen LogP contribution in [0, 0.1) is 13.8 Å². The third-order valence-electron chi connectivity index (χ3n) is 4.59. The third kappa shape index (κ3) is 2.82. The van der Waals surface area contributed by atoms with Crippen LogP contribution in [0.5, 0.6) is 0 Å². The Bertz CT molecular complexity index is 927. The molecule has 0 saturated heterocycles. The number of fused-ring (bicyclic) bond motifs is 1. The van der Waals surface area contributed by atoms with Gasteiger partial charge in [0.05, 0.1) is 5.69 Å². The summed E-state index contributed by atoms with van der Waals surface area (Å²) in [5, 5.41) is 4.38. The van der Waals surface area contributed by atoms with E-state index < -0.39 is 0 Å². The highest BCUT2D eigenvalue weighted by atomic mass is 16.2. The van der Waals surface area contributed by atoms with Gasteiger partial charge >= 0.3 is 0 Å². The Balaban J connectivity index is 1.63. The summed E-state index contributed by atoms with van der Waals surface area (Å²) in [6, 6.07) is 15.7. The van der Waals surface area contributed by atoms with Gasteiger partial charge in [-0.15, -0.1) is 0 Å². The van der Waals surface area contributed by atoms with Crippen LogP contribution >= 0.6 is 0 Å². The van der Waals surface area contributed by atoms with E-state index in [-0.39, 0.29) is 5.91 Å². The summed E-state index contributed by atoms with van der Waals surface area (Å²) in [7, 11) is 0. The first-order chi connectivity index (χ1) is 12.1. The maximum atomic E-state index is 13.0. The second-order valence-corrected chi connectivity index (χ2v) is 6.35. The molecule has 25 heavy (non-hydrogen) atoms. The highest BCUT2D eigenvalue weighted by Gasteiger charge is 2.23. The summed E-state index contributed by atoms with van der Waals surface area (Å²) < 4.78 is 1.79. The lowest BCUT2D eigenvalue weighted by atomic mass is 10.0. The Morgan fingerprint density at radius 2 is 1.80 bits per heavy atom. The average Bonchev–Trinajstić information content (AvgIpc) is 2.99. The molecule has 3 aromatic rings. The zero-order valence-electron chi connectivity index (χ0n) is 14.4. The Kier molecular flexibility index (Phi) is 3.84. The van der Waals surface area contributed by atoms with E-state index in [4.69, 9.17) is 0 Å². The fourth-order valence-electron chi connectivity index (χ4n) is 3.41. The van der Waals surface area contributed by atoms with Gasteiger partial charge in [-0.3, -0.25) is 4.79 Å². The molecule has 0 unspecified atom stereocenters. The van der Waals surface area contributed by atoms with Crippen molar-refractivity contribution < 1.29 is 4.79 Å². The van der Waals surface area contributed by atoms with Crippen LogP contribution in [-0.4, -0.2) is 27.2 Å². The van der Waals surface area contributed by atoms with Gasteiger partial charge in [0.2, 0.25) is 0 Å². The van der Waals surface area contributed by atoms with E-state index in [9.17, 15) is 4.79 Å². The van der Waals surface area contributed by atoms with Gasteiger partial charge in [-0.05, 0) is 62.6 Å². The number of aryl methyl sites for hydroxylation is 3. The zero-order chi connectivity index (χ0) is 17.4. The van der Waals surface area contributed by atoms with E-state index in [0.717, 1.165) is 42.4 Å². The number of nitrogens with zero attached hydrogens (tertiary/aromatic N) is 4. The molecule has 0 fully saturated rings. The van der Waals surface area contributed by atoms with E-state index in [1.54, 1.807) is 4.68 Å². The first-order valence-electron chi connectivity index (χ1n) is 8.54. The number of para-hydroxylation sites is 1. The van der Waals surface area contributed by atoms with Gasteiger partial charge in [0, 0.05) is 17.8 Å². The number of hydrogen-bond donors (Lipinski definition) is 0. The lowest BCUT2D eigenvalue weighted by Crippen LogP contribution is -2.35. The van der Waals surface area contributed by atoms with Gasteiger partial charge in [0.25, 0.3) is 5.91 Å². The molecular formula is C20H20N4O. The van der Waals surface area contributed by atoms with E-state index >= 15 is 0 Å². The molecule has 0 saturated carbocycles. The molecule has 0 atom stereocenters. The summed E-state index contributed by atoms with van der Waals surface area (Å²) in [4.78, 5) is 19.2. The number of rotatable bonds is 2. The van der Waals surface area contributed by atoms with E-state index in [0.29, 0.717) is 5.56 Å². The SMILES string of the molecule is Cc1nc(C)n(-c2ccc(C(=O)N3CCCc4ccccc43)cc2)n1. The van der Waals surface area contributed by atoms with Crippen molar-refractivity contribution in [3.63, 3.8) is 0 Å². The van der Waals surface area contributed by atoms with Crippen molar-refractivity contribution in [1.29, 1.82) is 0 Å². The summed E-state index contributed by atoms with van der Waals surface area (Å²) in [6.45, 7) is 4.55. The first-order valence-corrected chi connectivity index (χ1v) is 8.54.